The molecule has 0 saturated carbocycles. The highest BCUT2D eigenvalue weighted by atomic mass is 79.9. The zero-order valence-electron chi connectivity index (χ0n) is 11.3. The normalized spacial score (nSPS) is 12.1. The molecule has 0 bridgehead atoms. The van der Waals surface area contributed by atoms with Gasteiger partial charge in [-0.05, 0) is 48.6 Å². The monoisotopic (exact) mass is 352 g/mol. The highest BCUT2D eigenvalue weighted by Gasteiger charge is 2.09. The Balaban J connectivity index is 1.80. The number of alkyl halides is 1. The van der Waals surface area contributed by atoms with Gasteiger partial charge in [-0.3, -0.25) is 0 Å². The molecule has 2 aromatic rings. The van der Waals surface area contributed by atoms with Crippen LogP contribution in [0.2, 0.25) is 0 Å². The van der Waals surface area contributed by atoms with Crippen LogP contribution in [0.3, 0.4) is 0 Å². The Hall–Kier alpha value is -0.990. The molecule has 106 valence electrons. The lowest BCUT2D eigenvalue weighted by atomic mass is 9.98. The maximum atomic E-state index is 6.07. The van der Waals surface area contributed by atoms with Crippen molar-refractivity contribution in [1.82, 2.24) is 0 Å². The second-order valence-corrected chi connectivity index (χ2v) is 6.03. The molecule has 20 heavy (non-hydrogen) atoms. The van der Waals surface area contributed by atoms with Crippen LogP contribution in [-0.4, -0.2) is 12.5 Å². The molecule has 2 aromatic carbocycles. The van der Waals surface area contributed by atoms with Gasteiger partial charge in [0.1, 0.15) is 5.75 Å². The van der Waals surface area contributed by atoms with Crippen LogP contribution in [-0.2, 0) is 6.42 Å². The van der Waals surface area contributed by atoms with E-state index in [9.17, 15) is 0 Å². The molecule has 0 aromatic heterocycles. The Bertz CT molecular complexity index is 515. The molecule has 0 N–H and O–H groups in total. The second kappa shape index (κ2) is 8.33. The van der Waals surface area contributed by atoms with Crippen LogP contribution in [0, 0.1) is 5.92 Å². The zero-order chi connectivity index (χ0) is 14.2. The Labute approximate surface area is 134 Å². The largest absolute Gasteiger partial charge is 0.494 e. The smallest absolute Gasteiger partial charge is 0.119 e. The molecule has 0 saturated heterocycles. The minimum absolute atomic E-state index is 0.440. The van der Waals surface area contributed by atoms with Crippen LogP contribution in [0.4, 0.5) is 0 Å². The van der Waals surface area contributed by atoms with E-state index in [-0.39, 0.29) is 0 Å². The molecule has 0 aliphatic rings. The average Bonchev–Trinajstić information content (AvgIpc) is 2.47. The van der Waals surface area contributed by atoms with Crippen molar-refractivity contribution in [2.45, 2.75) is 12.8 Å². The molecule has 1 unspecified atom stereocenters. The molecule has 1 atom stereocenters. The van der Waals surface area contributed by atoms with Gasteiger partial charge >= 0.3 is 0 Å². The molecule has 0 heterocycles. The Morgan fingerprint density at radius 1 is 1.05 bits per heavy atom. The van der Waals surface area contributed by atoms with E-state index in [2.05, 4.69) is 34.1 Å². The van der Waals surface area contributed by atoms with E-state index in [1.807, 2.05) is 36.4 Å². The number of halogens is 2. The van der Waals surface area contributed by atoms with Crippen LogP contribution in [0.1, 0.15) is 12.0 Å². The molecule has 0 spiro atoms. The number of ether oxygens (including phenoxy) is 1. The molecule has 3 heteroatoms. The van der Waals surface area contributed by atoms with Gasteiger partial charge in [-0.15, -0.1) is 11.6 Å². The summed E-state index contributed by atoms with van der Waals surface area (Å²) in [5.41, 5.74) is 1.31. The molecule has 1 nitrogen and oxygen atoms in total. The van der Waals surface area contributed by atoms with Crippen molar-refractivity contribution in [2.75, 3.05) is 12.5 Å². The number of hydrogen-bond donors (Lipinski definition) is 0. The van der Waals surface area contributed by atoms with E-state index >= 15 is 0 Å². The summed E-state index contributed by atoms with van der Waals surface area (Å²) in [5.74, 6) is 2.02. The van der Waals surface area contributed by atoms with Crippen LogP contribution in [0.25, 0.3) is 0 Å². The summed E-state index contributed by atoms with van der Waals surface area (Å²) < 4.78 is 6.85. The third kappa shape index (κ3) is 5.18. The van der Waals surface area contributed by atoms with E-state index in [0.717, 1.165) is 23.1 Å². The van der Waals surface area contributed by atoms with Crippen LogP contribution >= 0.6 is 27.5 Å². The molecule has 0 aliphatic carbocycles. The molecule has 0 aliphatic heterocycles. The first-order chi connectivity index (χ1) is 9.78. The van der Waals surface area contributed by atoms with Crippen LogP contribution in [0.15, 0.2) is 59.1 Å². The van der Waals surface area contributed by atoms with Gasteiger partial charge in [0, 0.05) is 10.4 Å². The summed E-state index contributed by atoms with van der Waals surface area (Å²) in [4.78, 5) is 0. The van der Waals surface area contributed by atoms with Crippen molar-refractivity contribution in [3.8, 4) is 5.75 Å². The van der Waals surface area contributed by atoms with Crippen molar-refractivity contribution in [1.29, 1.82) is 0 Å². The molecule has 2 rings (SSSR count). The molecule has 0 fully saturated rings. The van der Waals surface area contributed by atoms with E-state index in [1.165, 1.54) is 5.56 Å². The van der Waals surface area contributed by atoms with Crippen molar-refractivity contribution in [3.63, 3.8) is 0 Å². The van der Waals surface area contributed by atoms with E-state index in [1.54, 1.807) is 0 Å². The summed E-state index contributed by atoms with van der Waals surface area (Å²) in [5, 5.41) is 0. The topological polar surface area (TPSA) is 9.23 Å². The standard InChI is InChI=1S/C17H18BrClO/c18-16-6-4-5-14(12-16)11-15(13-19)9-10-20-17-7-2-1-3-8-17/h1-8,12,15H,9-11,13H2. The summed E-state index contributed by atoms with van der Waals surface area (Å²) in [6, 6.07) is 18.3. The second-order valence-electron chi connectivity index (χ2n) is 4.80. The zero-order valence-corrected chi connectivity index (χ0v) is 13.6. The lowest BCUT2D eigenvalue weighted by molar-refractivity contribution is 0.284. The van der Waals surface area contributed by atoms with E-state index in [4.69, 9.17) is 16.3 Å². The first-order valence-electron chi connectivity index (χ1n) is 6.76. The number of para-hydroxylation sites is 1. The van der Waals surface area contributed by atoms with Crippen LogP contribution < -0.4 is 4.74 Å². The molecular formula is C17H18BrClO. The molecule has 0 amide bonds. The number of rotatable bonds is 7. The lowest BCUT2D eigenvalue weighted by Gasteiger charge is -2.14. The fourth-order valence-corrected chi connectivity index (χ4v) is 2.80. The fraction of sp³-hybridized carbons (Fsp3) is 0.294. The van der Waals surface area contributed by atoms with Gasteiger partial charge in [0.25, 0.3) is 0 Å². The van der Waals surface area contributed by atoms with E-state index in [0.29, 0.717) is 18.4 Å². The number of benzene rings is 2. The van der Waals surface area contributed by atoms with Crippen molar-refractivity contribution in [2.24, 2.45) is 5.92 Å². The molecular weight excluding hydrogens is 336 g/mol. The van der Waals surface area contributed by atoms with Gasteiger partial charge in [0.05, 0.1) is 6.61 Å². The van der Waals surface area contributed by atoms with Crippen molar-refractivity contribution >= 4 is 27.5 Å². The maximum Gasteiger partial charge on any atom is 0.119 e. The average molecular weight is 354 g/mol. The quantitative estimate of drug-likeness (QED) is 0.612. The highest BCUT2D eigenvalue weighted by molar-refractivity contribution is 9.10. The van der Waals surface area contributed by atoms with Gasteiger partial charge in [0.2, 0.25) is 0 Å². The highest BCUT2D eigenvalue weighted by Crippen LogP contribution is 2.18. The lowest BCUT2D eigenvalue weighted by Crippen LogP contribution is -2.11. The van der Waals surface area contributed by atoms with Crippen molar-refractivity contribution < 1.29 is 4.74 Å². The first kappa shape index (κ1) is 15.4. The minimum atomic E-state index is 0.440. The van der Waals surface area contributed by atoms with Gasteiger partial charge < -0.3 is 4.74 Å². The van der Waals surface area contributed by atoms with Gasteiger partial charge in [-0.1, -0.05) is 46.3 Å². The predicted octanol–water partition coefficient (Wildman–Crippen LogP) is 5.32. The summed E-state index contributed by atoms with van der Waals surface area (Å²) in [7, 11) is 0. The van der Waals surface area contributed by atoms with Gasteiger partial charge in [0.15, 0.2) is 0 Å². The third-order valence-corrected chi connectivity index (χ3v) is 4.10. The summed E-state index contributed by atoms with van der Waals surface area (Å²) in [6.07, 6.45) is 1.95. The maximum absolute atomic E-state index is 6.07. The van der Waals surface area contributed by atoms with E-state index < -0.39 is 0 Å². The Morgan fingerprint density at radius 2 is 1.85 bits per heavy atom. The third-order valence-electron chi connectivity index (χ3n) is 3.17. The summed E-state index contributed by atoms with van der Waals surface area (Å²) in [6.45, 7) is 0.704. The fourth-order valence-electron chi connectivity index (χ4n) is 2.09. The minimum Gasteiger partial charge on any atom is -0.494 e. The Morgan fingerprint density at radius 3 is 2.55 bits per heavy atom. The SMILES string of the molecule is ClCC(CCOc1ccccc1)Cc1cccc(Br)c1. The first-order valence-corrected chi connectivity index (χ1v) is 8.09. The van der Waals surface area contributed by atoms with Crippen molar-refractivity contribution in [3.05, 3.63) is 64.6 Å². The molecule has 0 radical (unpaired) electrons. The number of hydrogen-bond acceptors (Lipinski definition) is 1. The summed E-state index contributed by atoms with van der Waals surface area (Å²) >= 11 is 9.57. The predicted molar refractivity (Wildman–Crippen MR) is 88.6 cm³/mol. The van der Waals surface area contributed by atoms with Gasteiger partial charge in [-0.25, -0.2) is 0 Å². The van der Waals surface area contributed by atoms with Crippen LogP contribution in [0.5, 0.6) is 5.75 Å². The Kier molecular flexibility index (Phi) is 6.41. The van der Waals surface area contributed by atoms with Gasteiger partial charge in [-0.2, -0.15) is 0 Å².